The maximum Gasteiger partial charge on any atom is 0.179 e. The molecule has 0 saturated carbocycles. The lowest BCUT2D eigenvalue weighted by atomic mass is 10.1. The van der Waals surface area contributed by atoms with Crippen molar-refractivity contribution < 1.29 is 4.79 Å². The van der Waals surface area contributed by atoms with Gasteiger partial charge in [-0.15, -0.1) is 0 Å². The number of ketones is 1. The zero-order chi connectivity index (χ0) is 10.8. The van der Waals surface area contributed by atoms with Gasteiger partial charge in [-0.3, -0.25) is 4.79 Å². The van der Waals surface area contributed by atoms with Crippen LogP contribution in [0.1, 0.15) is 17.3 Å². The molecule has 2 heterocycles. The van der Waals surface area contributed by atoms with Gasteiger partial charge < -0.3 is 9.72 Å². The number of fused-ring (bicyclic) bond motifs is 1. The third-order valence-electron chi connectivity index (χ3n) is 2.64. The maximum atomic E-state index is 11.9. The molecular formula is C12H14N2O. The van der Waals surface area contributed by atoms with Gasteiger partial charge in [-0.05, 0) is 38.2 Å². The van der Waals surface area contributed by atoms with Crippen LogP contribution in [0.3, 0.4) is 0 Å². The number of hydrogen-bond donors (Lipinski definition) is 1. The fraction of sp³-hybridized carbons (Fsp3) is 0.250. The van der Waals surface area contributed by atoms with Crippen LogP contribution < -0.4 is 5.32 Å². The van der Waals surface area contributed by atoms with E-state index in [1.165, 1.54) is 0 Å². The van der Waals surface area contributed by atoms with E-state index in [1.54, 1.807) is 7.05 Å². The molecule has 0 fully saturated rings. The zero-order valence-corrected chi connectivity index (χ0v) is 8.90. The molecule has 78 valence electrons. The molecule has 2 aromatic rings. The summed E-state index contributed by atoms with van der Waals surface area (Å²) >= 11 is 0. The SMILES string of the molecule is CNC(C)C(=O)c1ccn2cccc2c1. The molecule has 0 aliphatic carbocycles. The largest absolute Gasteiger partial charge is 0.324 e. The first kappa shape index (κ1) is 9.93. The topological polar surface area (TPSA) is 33.5 Å². The summed E-state index contributed by atoms with van der Waals surface area (Å²) in [4.78, 5) is 11.9. The van der Waals surface area contributed by atoms with Crippen LogP contribution >= 0.6 is 0 Å². The molecular weight excluding hydrogens is 188 g/mol. The number of nitrogens with one attached hydrogen (secondary N) is 1. The Balaban J connectivity index is 2.39. The van der Waals surface area contributed by atoms with Crippen molar-refractivity contribution in [1.29, 1.82) is 0 Å². The number of rotatable bonds is 3. The van der Waals surface area contributed by atoms with E-state index in [-0.39, 0.29) is 11.8 Å². The van der Waals surface area contributed by atoms with Gasteiger partial charge in [0.2, 0.25) is 0 Å². The van der Waals surface area contributed by atoms with E-state index < -0.39 is 0 Å². The van der Waals surface area contributed by atoms with Gasteiger partial charge in [0.1, 0.15) is 0 Å². The van der Waals surface area contributed by atoms with Crippen LogP contribution in [0.25, 0.3) is 5.52 Å². The number of carbonyl (C=O) groups excluding carboxylic acids is 1. The first-order valence-electron chi connectivity index (χ1n) is 5.00. The Kier molecular flexibility index (Phi) is 2.56. The molecule has 0 aliphatic heterocycles. The Morgan fingerprint density at radius 1 is 1.40 bits per heavy atom. The van der Waals surface area contributed by atoms with Crippen molar-refractivity contribution in [2.24, 2.45) is 0 Å². The summed E-state index contributed by atoms with van der Waals surface area (Å²) in [5.41, 5.74) is 1.80. The predicted molar refractivity (Wildman–Crippen MR) is 60.2 cm³/mol. The highest BCUT2D eigenvalue weighted by Gasteiger charge is 2.12. The number of carbonyl (C=O) groups is 1. The Hall–Kier alpha value is -1.61. The molecule has 0 spiro atoms. The van der Waals surface area contributed by atoms with Crippen LogP contribution in [0.5, 0.6) is 0 Å². The lowest BCUT2D eigenvalue weighted by molar-refractivity contribution is 0.0955. The number of nitrogens with zero attached hydrogens (tertiary/aromatic N) is 1. The summed E-state index contributed by atoms with van der Waals surface area (Å²) in [6.07, 6.45) is 3.87. The summed E-state index contributed by atoms with van der Waals surface area (Å²) in [6, 6.07) is 7.58. The van der Waals surface area contributed by atoms with Crippen molar-refractivity contribution in [3.05, 3.63) is 42.2 Å². The summed E-state index contributed by atoms with van der Waals surface area (Å²) in [5, 5.41) is 2.95. The van der Waals surface area contributed by atoms with Gasteiger partial charge in [0.25, 0.3) is 0 Å². The van der Waals surface area contributed by atoms with Gasteiger partial charge in [-0.25, -0.2) is 0 Å². The third kappa shape index (κ3) is 1.78. The van der Waals surface area contributed by atoms with Gasteiger partial charge >= 0.3 is 0 Å². The van der Waals surface area contributed by atoms with Crippen molar-refractivity contribution in [3.63, 3.8) is 0 Å². The third-order valence-corrected chi connectivity index (χ3v) is 2.64. The molecule has 1 atom stereocenters. The minimum Gasteiger partial charge on any atom is -0.324 e. The van der Waals surface area contributed by atoms with Crippen LogP contribution in [0.2, 0.25) is 0 Å². The number of hydrogen-bond acceptors (Lipinski definition) is 2. The molecule has 0 radical (unpaired) electrons. The Bertz CT molecular complexity index is 487. The molecule has 0 saturated heterocycles. The molecule has 1 unspecified atom stereocenters. The highest BCUT2D eigenvalue weighted by molar-refractivity contribution is 6.00. The highest BCUT2D eigenvalue weighted by atomic mass is 16.1. The van der Waals surface area contributed by atoms with E-state index in [9.17, 15) is 4.79 Å². The molecule has 3 nitrogen and oxygen atoms in total. The molecule has 15 heavy (non-hydrogen) atoms. The Morgan fingerprint density at radius 2 is 2.20 bits per heavy atom. The van der Waals surface area contributed by atoms with Crippen LogP contribution in [0, 0.1) is 0 Å². The summed E-state index contributed by atoms with van der Waals surface area (Å²) in [6.45, 7) is 1.87. The molecule has 2 rings (SSSR count). The first-order chi connectivity index (χ1) is 7.22. The summed E-state index contributed by atoms with van der Waals surface area (Å²) < 4.78 is 1.99. The molecule has 1 N–H and O–H groups in total. The minimum atomic E-state index is -0.137. The first-order valence-corrected chi connectivity index (χ1v) is 5.00. The van der Waals surface area contributed by atoms with Gasteiger partial charge in [0.15, 0.2) is 5.78 Å². The lowest BCUT2D eigenvalue weighted by Crippen LogP contribution is -2.30. The molecule has 2 aromatic heterocycles. The fourth-order valence-corrected chi connectivity index (χ4v) is 1.57. The number of pyridine rings is 1. The second kappa shape index (κ2) is 3.87. The average molecular weight is 202 g/mol. The zero-order valence-electron chi connectivity index (χ0n) is 8.90. The van der Waals surface area contributed by atoms with Crippen LogP contribution in [0.15, 0.2) is 36.7 Å². The van der Waals surface area contributed by atoms with Gasteiger partial charge in [-0.1, -0.05) is 0 Å². The van der Waals surface area contributed by atoms with Crippen molar-refractivity contribution >= 4 is 11.3 Å². The van der Waals surface area contributed by atoms with Gasteiger partial charge in [0.05, 0.1) is 6.04 Å². The van der Waals surface area contributed by atoms with E-state index >= 15 is 0 Å². The van der Waals surface area contributed by atoms with Gasteiger partial charge in [0, 0.05) is 23.5 Å². The minimum absolute atomic E-state index is 0.126. The normalized spacial score (nSPS) is 12.9. The predicted octanol–water partition coefficient (Wildman–Crippen LogP) is 1.73. The van der Waals surface area contributed by atoms with E-state index in [4.69, 9.17) is 0 Å². The molecule has 0 amide bonds. The van der Waals surface area contributed by atoms with Gasteiger partial charge in [-0.2, -0.15) is 0 Å². The second-order valence-corrected chi connectivity index (χ2v) is 3.63. The van der Waals surface area contributed by atoms with Crippen molar-refractivity contribution in [1.82, 2.24) is 9.72 Å². The quantitative estimate of drug-likeness (QED) is 0.769. The van der Waals surface area contributed by atoms with Crippen molar-refractivity contribution in [3.8, 4) is 0 Å². The number of likely N-dealkylation sites (N-methyl/N-ethyl adjacent to an activating group) is 1. The molecule has 0 aliphatic rings. The standard InChI is InChI=1S/C12H14N2O/c1-9(13-2)12(15)10-5-7-14-6-3-4-11(14)8-10/h3-9,13H,1-2H3. The number of aromatic nitrogens is 1. The maximum absolute atomic E-state index is 11.9. The summed E-state index contributed by atoms with van der Waals surface area (Å²) in [5.74, 6) is 0.126. The average Bonchev–Trinajstić information content (AvgIpc) is 2.73. The van der Waals surface area contributed by atoms with E-state index in [2.05, 4.69) is 5.32 Å². The van der Waals surface area contributed by atoms with E-state index in [0.717, 1.165) is 11.1 Å². The van der Waals surface area contributed by atoms with Crippen molar-refractivity contribution in [2.75, 3.05) is 7.05 Å². The fourth-order valence-electron chi connectivity index (χ4n) is 1.57. The highest BCUT2D eigenvalue weighted by Crippen LogP contribution is 2.10. The van der Waals surface area contributed by atoms with E-state index in [1.807, 2.05) is 48.0 Å². The number of Topliss-reactive ketones (excluding diaryl/α,β-unsaturated/α-hetero) is 1. The smallest absolute Gasteiger partial charge is 0.179 e. The van der Waals surface area contributed by atoms with E-state index in [0.29, 0.717) is 0 Å². The molecule has 0 bridgehead atoms. The summed E-state index contributed by atoms with van der Waals surface area (Å²) in [7, 11) is 1.79. The lowest BCUT2D eigenvalue weighted by Gasteiger charge is -2.09. The monoisotopic (exact) mass is 202 g/mol. The second-order valence-electron chi connectivity index (χ2n) is 3.63. The Labute approximate surface area is 88.7 Å². The van der Waals surface area contributed by atoms with Crippen LogP contribution in [0.4, 0.5) is 0 Å². The van der Waals surface area contributed by atoms with Crippen LogP contribution in [-0.4, -0.2) is 23.3 Å². The Morgan fingerprint density at radius 3 is 2.93 bits per heavy atom. The van der Waals surface area contributed by atoms with Crippen molar-refractivity contribution in [2.45, 2.75) is 13.0 Å². The van der Waals surface area contributed by atoms with Crippen LogP contribution in [-0.2, 0) is 0 Å². The molecule has 0 aromatic carbocycles. The molecule has 3 heteroatoms.